The molecule has 7 heteroatoms. The third-order valence-electron chi connectivity index (χ3n) is 2.63. The Hall–Kier alpha value is -2.18. The van der Waals surface area contributed by atoms with Gasteiger partial charge in [0.1, 0.15) is 6.04 Å². The van der Waals surface area contributed by atoms with Crippen LogP contribution in [0.25, 0.3) is 0 Å². The zero-order chi connectivity index (χ0) is 13.3. The molecular formula is C11H10F2N2O3. The van der Waals surface area contributed by atoms with Gasteiger partial charge in [0, 0.05) is 6.42 Å². The molecule has 0 saturated heterocycles. The van der Waals surface area contributed by atoms with Crippen LogP contribution in [0.5, 0.6) is 0 Å². The average molecular weight is 256 g/mol. The monoisotopic (exact) mass is 256 g/mol. The number of nitrogens with one attached hydrogen (secondary N) is 2. The second kappa shape index (κ2) is 4.59. The fourth-order valence-electron chi connectivity index (χ4n) is 1.73. The summed E-state index contributed by atoms with van der Waals surface area (Å²) in [6.45, 7) is 0. The fourth-order valence-corrected chi connectivity index (χ4v) is 1.73. The molecule has 1 aliphatic heterocycles. The molecule has 96 valence electrons. The summed E-state index contributed by atoms with van der Waals surface area (Å²) in [7, 11) is 0. The lowest BCUT2D eigenvalue weighted by atomic mass is 10.1. The van der Waals surface area contributed by atoms with Gasteiger partial charge < -0.3 is 15.7 Å². The molecule has 1 amide bonds. The van der Waals surface area contributed by atoms with Gasteiger partial charge in [-0.2, -0.15) is 0 Å². The highest BCUT2D eigenvalue weighted by Crippen LogP contribution is 2.31. The highest BCUT2D eigenvalue weighted by Gasteiger charge is 2.28. The number of benzene rings is 1. The van der Waals surface area contributed by atoms with E-state index in [1.165, 1.54) is 6.07 Å². The van der Waals surface area contributed by atoms with E-state index in [1.807, 2.05) is 0 Å². The summed E-state index contributed by atoms with van der Waals surface area (Å²) in [5.41, 5.74) is -0.00420. The van der Waals surface area contributed by atoms with Crippen molar-refractivity contribution in [3.63, 3.8) is 0 Å². The first kappa shape index (κ1) is 12.3. The second-order valence-electron chi connectivity index (χ2n) is 3.90. The van der Waals surface area contributed by atoms with Crippen LogP contribution in [0.15, 0.2) is 12.1 Å². The minimum atomic E-state index is -1.09. The molecule has 1 unspecified atom stereocenters. The van der Waals surface area contributed by atoms with Crippen molar-refractivity contribution < 1.29 is 23.5 Å². The van der Waals surface area contributed by atoms with Crippen LogP contribution >= 0.6 is 0 Å². The van der Waals surface area contributed by atoms with E-state index in [0.29, 0.717) is 0 Å². The van der Waals surface area contributed by atoms with E-state index in [1.54, 1.807) is 0 Å². The first-order valence-corrected chi connectivity index (χ1v) is 5.26. The maximum absolute atomic E-state index is 13.5. The molecule has 5 nitrogen and oxygen atoms in total. The predicted octanol–water partition coefficient (Wildman–Crippen LogP) is 1.56. The molecule has 1 atom stereocenters. The number of hydrogen-bond donors (Lipinski definition) is 3. The van der Waals surface area contributed by atoms with Crippen LogP contribution in [0.2, 0.25) is 0 Å². The summed E-state index contributed by atoms with van der Waals surface area (Å²) in [5, 5.41) is 13.5. The number of carboxylic acid groups (broad SMARTS) is 1. The van der Waals surface area contributed by atoms with Crippen molar-refractivity contribution in [2.45, 2.75) is 18.9 Å². The Morgan fingerprint density at radius 1 is 1.39 bits per heavy atom. The number of amides is 1. The summed E-state index contributed by atoms with van der Waals surface area (Å²) >= 11 is 0. The molecule has 3 N–H and O–H groups in total. The van der Waals surface area contributed by atoms with Gasteiger partial charge in [-0.3, -0.25) is 9.59 Å². The van der Waals surface area contributed by atoms with E-state index < -0.39 is 29.6 Å². The van der Waals surface area contributed by atoms with Crippen LogP contribution < -0.4 is 10.6 Å². The van der Waals surface area contributed by atoms with Crippen molar-refractivity contribution in [2.24, 2.45) is 0 Å². The number of anilines is 2. The lowest BCUT2D eigenvalue weighted by Crippen LogP contribution is -2.39. The maximum Gasteiger partial charge on any atom is 0.303 e. The lowest BCUT2D eigenvalue weighted by Gasteiger charge is -2.26. The van der Waals surface area contributed by atoms with E-state index in [-0.39, 0.29) is 24.2 Å². The van der Waals surface area contributed by atoms with E-state index in [0.717, 1.165) is 6.07 Å². The van der Waals surface area contributed by atoms with E-state index in [4.69, 9.17) is 5.11 Å². The van der Waals surface area contributed by atoms with Gasteiger partial charge in [-0.15, -0.1) is 0 Å². The smallest absolute Gasteiger partial charge is 0.303 e. The molecule has 1 aliphatic rings. The Morgan fingerprint density at radius 3 is 2.78 bits per heavy atom. The van der Waals surface area contributed by atoms with Gasteiger partial charge in [-0.05, 0) is 18.6 Å². The summed E-state index contributed by atoms with van der Waals surface area (Å²) in [6.07, 6.45) is -0.242. The van der Waals surface area contributed by atoms with Gasteiger partial charge in [-0.1, -0.05) is 0 Å². The first-order valence-electron chi connectivity index (χ1n) is 5.26. The van der Waals surface area contributed by atoms with Crippen molar-refractivity contribution in [2.75, 3.05) is 10.6 Å². The molecule has 0 bridgehead atoms. The van der Waals surface area contributed by atoms with Crippen molar-refractivity contribution in [3.05, 3.63) is 23.8 Å². The number of halogens is 2. The Morgan fingerprint density at radius 2 is 2.11 bits per heavy atom. The highest BCUT2D eigenvalue weighted by atomic mass is 19.2. The second-order valence-corrected chi connectivity index (χ2v) is 3.90. The minimum Gasteiger partial charge on any atom is -0.481 e. The zero-order valence-electron chi connectivity index (χ0n) is 9.17. The number of carbonyl (C=O) groups is 2. The van der Waals surface area contributed by atoms with Gasteiger partial charge in [0.15, 0.2) is 11.6 Å². The van der Waals surface area contributed by atoms with Crippen molar-refractivity contribution in [1.82, 2.24) is 0 Å². The van der Waals surface area contributed by atoms with Gasteiger partial charge in [0.05, 0.1) is 11.4 Å². The van der Waals surface area contributed by atoms with E-state index in [2.05, 4.69) is 10.6 Å². The van der Waals surface area contributed by atoms with Crippen molar-refractivity contribution in [1.29, 1.82) is 0 Å². The number of carboxylic acids is 1. The van der Waals surface area contributed by atoms with Crippen LogP contribution in [0.1, 0.15) is 12.8 Å². The average Bonchev–Trinajstić information content (AvgIpc) is 2.32. The number of fused-ring (bicyclic) bond motifs is 1. The molecule has 1 heterocycles. The first-order chi connectivity index (χ1) is 8.49. The molecule has 0 aromatic heterocycles. The Bertz CT molecular complexity index is 519. The quantitative estimate of drug-likeness (QED) is 0.766. The molecular weight excluding hydrogens is 246 g/mol. The molecule has 0 radical (unpaired) electrons. The molecule has 0 fully saturated rings. The maximum atomic E-state index is 13.5. The van der Waals surface area contributed by atoms with E-state index in [9.17, 15) is 18.4 Å². The molecule has 0 spiro atoms. The van der Waals surface area contributed by atoms with Gasteiger partial charge in [0.2, 0.25) is 5.91 Å². The van der Waals surface area contributed by atoms with Gasteiger partial charge in [-0.25, -0.2) is 8.78 Å². The Labute approximate surface area is 101 Å². The van der Waals surface area contributed by atoms with Gasteiger partial charge in [0.25, 0.3) is 0 Å². The summed E-state index contributed by atoms with van der Waals surface area (Å²) in [4.78, 5) is 22.0. The Balaban J connectivity index is 2.23. The van der Waals surface area contributed by atoms with Crippen LogP contribution in [-0.2, 0) is 9.59 Å². The molecule has 1 aromatic rings. The minimum absolute atomic E-state index is 0.00341. The lowest BCUT2D eigenvalue weighted by molar-refractivity contribution is -0.137. The number of hydrogen-bond acceptors (Lipinski definition) is 3. The number of aliphatic carboxylic acids is 1. The molecule has 2 rings (SSSR count). The molecule has 1 aromatic carbocycles. The van der Waals surface area contributed by atoms with Crippen LogP contribution in [0.4, 0.5) is 20.2 Å². The largest absolute Gasteiger partial charge is 0.481 e. The highest BCUT2D eigenvalue weighted by molar-refractivity contribution is 6.03. The number of rotatable bonds is 3. The SMILES string of the molecule is O=C(O)CCC1Nc2c(ccc(F)c2F)NC1=O. The van der Waals surface area contributed by atoms with Crippen molar-refractivity contribution >= 4 is 23.3 Å². The van der Waals surface area contributed by atoms with Crippen molar-refractivity contribution in [3.8, 4) is 0 Å². The van der Waals surface area contributed by atoms with Crippen LogP contribution in [-0.4, -0.2) is 23.0 Å². The predicted molar refractivity (Wildman–Crippen MR) is 59.3 cm³/mol. The third kappa shape index (κ3) is 2.24. The van der Waals surface area contributed by atoms with Crippen LogP contribution in [0, 0.1) is 11.6 Å². The summed E-state index contributed by atoms with van der Waals surface area (Å²) < 4.78 is 26.5. The summed E-state index contributed by atoms with van der Waals surface area (Å²) in [6, 6.07) is 1.27. The van der Waals surface area contributed by atoms with Crippen LogP contribution in [0.3, 0.4) is 0 Å². The normalized spacial score (nSPS) is 17.7. The molecule has 0 aliphatic carbocycles. The molecule has 0 saturated carbocycles. The molecule has 18 heavy (non-hydrogen) atoms. The zero-order valence-corrected chi connectivity index (χ0v) is 9.17. The summed E-state index contributed by atoms with van der Waals surface area (Å²) in [5.74, 6) is -3.65. The standard InChI is InChI=1S/C11H10F2N2O3/c12-5-1-2-6-10(9(5)13)14-7(11(18)15-6)3-4-8(16)17/h1-2,7,14H,3-4H2,(H,15,18)(H,16,17). The Kier molecular flexibility index (Phi) is 3.14. The topological polar surface area (TPSA) is 78.4 Å². The fraction of sp³-hybridized carbons (Fsp3) is 0.273. The van der Waals surface area contributed by atoms with Gasteiger partial charge >= 0.3 is 5.97 Å². The number of carbonyl (C=O) groups excluding carboxylic acids is 1. The van der Waals surface area contributed by atoms with E-state index >= 15 is 0 Å². The third-order valence-corrected chi connectivity index (χ3v) is 2.63.